The van der Waals surface area contributed by atoms with Gasteiger partial charge in [-0.3, -0.25) is 0 Å². The number of rotatable bonds is 4. The zero-order valence-electron chi connectivity index (χ0n) is 9.22. The molecule has 3 N–H and O–H groups in total. The smallest absolute Gasteiger partial charge is 0.143 e. The van der Waals surface area contributed by atoms with Crippen LogP contribution in [-0.4, -0.2) is 22.4 Å². The molecule has 0 aromatic heterocycles. The predicted molar refractivity (Wildman–Crippen MR) is 71.5 cm³/mol. The molecule has 0 atom stereocenters. The second kappa shape index (κ2) is 5.49. The number of hydrogen-bond donors (Lipinski definition) is 3. The van der Waals surface area contributed by atoms with E-state index in [0.717, 1.165) is 5.56 Å². The van der Waals surface area contributed by atoms with Gasteiger partial charge in [0.25, 0.3) is 0 Å². The molecule has 1 aromatic rings. The normalized spacial score (nSPS) is 11.8. The first-order chi connectivity index (χ1) is 7.29. The van der Waals surface area contributed by atoms with Crippen molar-refractivity contribution in [2.24, 2.45) is 0 Å². The molecule has 0 amide bonds. The van der Waals surface area contributed by atoms with Crippen LogP contribution < -0.4 is 5.32 Å². The quantitative estimate of drug-likeness (QED) is 0.781. The van der Waals surface area contributed by atoms with Gasteiger partial charge in [-0.05, 0) is 63.4 Å². The average Bonchev–Trinajstić information content (AvgIpc) is 2.12. The molecular weight excluding hydrogens is 338 g/mol. The van der Waals surface area contributed by atoms with Gasteiger partial charge in [-0.1, -0.05) is 0 Å². The second-order valence-corrected chi connectivity index (χ2v) is 6.03. The summed E-state index contributed by atoms with van der Waals surface area (Å²) in [7, 11) is 0. The summed E-state index contributed by atoms with van der Waals surface area (Å²) in [6.07, 6.45) is 0. The Bertz CT molecular complexity index is 352. The van der Waals surface area contributed by atoms with E-state index in [1.54, 1.807) is 13.8 Å². The monoisotopic (exact) mass is 351 g/mol. The summed E-state index contributed by atoms with van der Waals surface area (Å²) in [6, 6.07) is 3.69. The largest absolute Gasteiger partial charge is 0.506 e. The van der Waals surface area contributed by atoms with E-state index in [0.29, 0.717) is 22.0 Å². The highest BCUT2D eigenvalue weighted by Gasteiger charge is 2.11. The van der Waals surface area contributed by atoms with Crippen LogP contribution in [0.2, 0.25) is 0 Å². The minimum atomic E-state index is -0.717. The highest BCUT2D eigenvalue weighted by Crippen LogP contribution is 2.33. The maximum atomic E-state index is 9.53. The Morgan fingerprint density at radius 3 is 2.19 bits per heavy atom. The van der Waals surface area contributed by atoms with E-state index in [4.69, 9.17) is 0 Å². The van der Waals surface area contributed by atoms with Gasteiger partial charge in [-0.25, -0.2) is 0 Å². The van der Waals surface area contributed by atoms with Crippen LogP contribution in [0.15, 0.2) is 21.1 Å². The Morgan fingerprint density at radius 1 is 1.25 bits per heavy atom. The molecule has 0 spiro atoms. The van der Waals surface area contributed by atoms with Crippen molar-refractivity contribution in [2.75, 3.05) is 6.54 Å². The molecule has 0 aliphatic carbocycles. The fourth-order valence-electron chi connectivity index (χ4n) is 1.23. The van der Waals surface area contributed by atoms with Crippen molar-refractivity contribution >= 4 is 31.9 Å². The Morgan fingerprint density at radius 2 is 1.75 bits per heavy atom. The van der Waals surface area contributed by atoms with E-state index < -0.39 is 5.60 Å². The summed E-state index contributed by atoms with van der Waals surface area (Å²) in [5.74, 6) is 0.200. The lowest BCUT2D eigenvalue weighted by molar-refractivity contribution is 0.0795. The van der Waals surface area contributed by atoms with Crippen LogP contribution in [0.3, 0.4) is 0 Å². The molecule has 90 valence electrons. The number of hydrogen-bond acceptors (Lipinski definition) is 3. The summed E-state index contributed by atoms with van der Waals surface area (Å²) in [4.78, 5) is 0. The molecule has 0 radical (unpaired) electrons. The van der Waals surface area contributed by atoms with Crippen LogP contribution in [0.1, 0.15) is 19.4 Å². The molecule has 0 aliphatic heterocycles. The van der Waals surface area contributed by atoms with Crippen molar-refractivity contribution in [1.82, 2.24) is 5.32 Å². The van der Waals surface area contributed by atoms with Gasteiger partial charge in [-0.15, -0.1) is 0 Å². The Balaban J connectivity index is 2.62. The lowest BCUT2D eigenvalue weighted by atomic mass is 10.1. The van der Waals surface area contributed by atoms with Gasteiger partial charge in [0.1, 0.15) is 5.75 Å². The first-order valence-corrected chi connectivity index (χ1v) is 6.48. The van der Waals surface area contributed by atoms with E-state index in [9.17, 15) is 10.2 Å². The number of phenols is 1. The average molecular weight is 353 g/mol. The Kier molecular flexibility index (Phi) is 4.79. The van der Waals surface area contributed by atoms with Crippen molar-refractivity contribution in [3.8, 4) is 5.75 Å². The molecule has 0 aliphatic rings. The Labute approximate surface area is 112 Å². The summed E-state index contributed by atoms with van der Waals surface area (Å²) in [6.45, 7) is 4.66. The van der Waals surface area contributed by atoms with Gasteiger partial charge in [0, 0.05) is 13.1 Å². The molecule has 16 heavy (non-hydrogen) atoms. The zero-order chi connectivity index (χ0) is 12.3. The molecule has 0 fully saturated rings. The molecule has 0 bridgehead atoms. The van der Waals surface area contributed by atoms with Crippen molar-refractivity contribution in [3.63, 3.8) is 0 Å². The summed E-state index contributed by atoms with van der Waals surface area (Å²) in [5, 5.41) is 22.2. The number of aromatic hydroxyl groups is 1. The minimum Gasteiger partial charge on any atom is -0.506 e. The lowest BCUT2D eigenvalue weighted by Gasteiger charge is -2.17. The SMILES string of the molecule is CC(C)(O)CNCc1cc(Br)c(O)c(Br)c1. The van der Waals surface area contributed by atoms with Gasteiger partial charge in [0.15, 0.2) is 0 Å². The maximum Gasteiger partial charge on any atom is 0.143 e. The fraction of sp³-hybridized carbons (Fsp3) is 0.455. The van der Waals surface area contributed by atoms with Crippen LogP contribution in [0.25, 0.3) is 0 Å². The first kappa shape index (κ1) is 14.0. The molecule has 1 rings (SSSR count). The maximum absolute atomic E-state index is 9.53. The predicted octanol–water partition coefficient (Wildman–Crippen LogP) is 2.78. The van der Waals surface area contributed by atoms with Gasteiger partial charge in [-0.2, -0.15) is 0 Å². The van der Waals surface area contributed by atoms with Crippen molar-refractivity contribution in [2.45, 2.75) is 26.0 Å². The minimum absolute atomic E-state index is 0.200. The third kappa shape index (κ3) is 4.41. The summed E-state index contributed by atoms with van der Waals surface area (Å²) >= 11 is 6.54. The van der Waals surface area contributed by atoms with Crippen LogP contribution in [0, 0.1) is 0 Å². The highest BCUT2D eigenvalue weighted by atomic mass is 79.9. The third-order valence-electron chi connectivity index (χ3n) is 1.96. The zero-order valence-corrected chi connectivity index (χ0v) is 12.4. The van der Waals surface area contributed by atoms with E-state index >= 15 is 0 Å². The topological polar surface area (TPSA) is 52.5 Å². The van der Waals surface area contributed by atoms with Crippen LogP contribution in [-0.2, 0) is 6.54 Å². The van der Waals surface area contributed by atoms with Crippen LogP contribution in [0.5, 0.6) is 5.75 Å². The molecule has 1 aromatic carbocycles. The molecule has 3 nitrogen and oxygen atoms in total. The van der Waals surface area contributed by atoms with Crippen LogP contribution in [0.4, 0.5) is 0 Å². The van der Waals surface area contributed by atoms with Gasteiger partial charge < -0.3 is 15.5 Å². The van der Waals surface area contributed by atoms with Crippen LogP contribution >= 0.6 is 31.9 Å². The molecule has 0 saturated carbocycles. The molecular formula is C11H15Br2NO2. The van der Waals surface area contributed by atoms with Crippen molar-refractivity contribution in [3.05, 3.63) is 26.6 Å². The molecule has 5 heteroatoms. The van der Waals surface area contributed by atoms with Gasteiger partial charge in [0.05, 0.1) is 14.5 Å². The summed E-state index contributed by atoms with van der Waals surface area (Å²) in [5.41, 5.74) is 0.312. The number of halogens is 2. The van der Waals surface area contributed by atoms with Crippen molar-refractivity contribution in [1.29, 1.82) is 0 Å². The van der Waals surface area contributed by atoms with Crippen molar-refractivity contribution < 1.29 is 10.2 Å². The Hall–Kier alpha value is -0.100. The van der Waals surface area contributed by atoms with E-state index in [1.165, 1.54) is 0 Å². The lowest BCUT2D eigenvalue weighted by Crippen LogP contribution is -2.34. The second-order valence-electron chi connectivity index (χ2n) is 4.32. The number of aliphatic hydroxyl groups is 1. The number of benzene rings is 1. The van der Waals surface area contributed by atoms with E-state index in [-0.39, 0.29) is 5.75 Å². The standard InChI is InChI=1S/C11H15Br2NO2/c1-11(2,16)6-14-5-7-3-8(12)10(15)9(13)4-7/h3-4,14-16H,5-6H2,1-2H3. The van der Waals surface area contributed by atoms with E-state index in [2.05, 4.69) is 37.2 Å². The number of phenolic OH excluding ortho intramolecular Hbond substituents is 1. The summed E-state index contributed by atoms with van der Waals surface area (Å²) < 4.78 is 1.31. The van der Waals surface area contributed by atoms with E-state index in [1.807, 2.05) is 12.1 Å². The molecule has 0 heterocycles. The highest BCUT2D eigenvalue weighted by molar-refractivity contribution is 9.11. The van der Waals surface area contributed by atoms with Gasteiger partial charge in [0.2, 0.25) is 0 Å². The fourth-order valence-corrected chi connectivity index (χ4v) is 2.51. The molecule has 0 unspecified atom stereocenters. The molecule has 0 saturated heterocycles. The first-order valence-electron chi connectivity index (χ1n) is 4.89. The number of nitrogens with one attached hydrogen (secondary N) is 1. The third-order valence-corrected chi connectivity index (χ3v) is 3.17. The van der Waals surface area contributed by atoms with Gasteiger partial charge >= 0.3 is 0 Å².